The third-order valence-electron chi connectivity index (χ3n) is 2.19. The van der Waals surface area contributed by atoms with Crippen molar-refractivity contribution < 1.29 is 23.9 Å². The maximum absolute atomic E-state index is 12.0. The minimum absolute atomic E-state index is 0. The number of amides is 2. The van der Waals surface area contributed by atoms with Crippen LogP contribution in [0.2, 0.25) is 0 Å². The maximum atomic E-state index is 12.0. The average molecular weight is 613 g/mol. The van der Waals surface area contributed by atoms with E-state index in [2.05, 4.69) is 26.1 Å². The number of carbonyl (C=O) groups is 3. The molecule has 0 fully saturated rings. The number of ketones is 1. The Kier molecular flexibility index (Phi) is 15.0. The van der Waals surface area contributed by atoms with Crippen molar-refractivity contribution in [3.63, 3.8) is 0 Å². The molecule has 3 N–H and O–H groups in total. The Bertz CT molecular complexity index is 459. The average Bonchev–Trinajstić information content (AvgIpc) is 2.46. The Hall–Kier alpha value is -3.25. The summed E-state index contributed by atoms with van der Waals surface area (Å²) in [5.74, 6) is -0.905. The van der Waals surface area contributed by atoms with Crippen molar-refractivity contribution in [3.8, 4) is 0 Å². The monoisotopic (exact) mass is 613 g/mol. The fraction of sp³-hybridized carbons (Fsp3) is 0.706. The van der Waals surface area contributed by atoms with Crippen LogP contribution in [0.1, 0.15) is 54.4 Å². The summed E-state index contributed by atoms with van der Waals surface area (Å²) in [6.07, 6.45) is 1.93. The second kappa shape index (κ2) is 14.1. The van der Waals surface area contributed by atoms with Crippen molar-refractivity contribution in [2.45, 2.75) is 66.0 Å². The number of nitrogens with one attached hydrogen (secondary N) is 3. The Morgan fingerprint density at radius 3 is 2.08 bits per heavy atom. The summed E-state index contributed by atoms with van der Waals surface area (Å²) in [6, 6.07) is -1.02. The van der Waals surface area contributed by atoms with Crippen molar-refractivity contribution in [3.05, 3.63) is 0 Å². The predicted octanol–water partition coefficient (Wildman–Crippen LogP) is 1.13. The first kappa shape index (κ1) is 27.6. The summed E-state index contributed by atoms with van der Waals surface area (Å²) in [4.78, 5) is 44.6. The van der Waals surface area contributed by atoms with Gasteiger partial charge in [-0.3, -0.25) is 9.59 Å². The number of esters is 1. The minimum atomic E-state index is -1.02. The van der Waals surface area contributed by atoms with Crippen molar-refractivity contribution in [2.24, 2.45) is 5.92 Å². The van der Waals surface area contributed by atoms with Crippen molar-refractivity contribution in [1.82, 2.24) is 10.6 Å². The molecule has 1 unspecified atom stereocenters. The standard InChI is InChI=1S/C13H20N3O5.C4H10.Fm/c1-13(2,3)21-12(20)10(5-4-9(18)6-14)16-11(19)7-15-8-17;1-4(2)3;/h6,10,14H,4-5,7H2,1-3H3,(H,15,17)(H,16,19);4H,1-3H3;/q-1;;. The summed E-state index contributed by atoms with van der Waals surface area (Å²) in [5.41, 5.74) is -0.736. The molecule has 1 atom stereocenters. The maximum Gasteiger partial charge on any atom is 0.329 e. The first-order valence-corrected chi connectivity index (χ1v) is 8.08. The number of carbonyl (C=O) groups excluding carboxylic acids is 4. The molecule has 0 heterocycles. The van der Waals surface area contributed by atoms with Crippen LogP contribution in [-0.2, 0) is 23.9 Å². The van der Waals surface area contributed by atoms with Crippen molar-refractivity contribution in [1.29, 1.82) is 5.41 Å². The summed E-state index contributed by atoms with van der Waals surface area (Å²) in [7, 11) is 0. The Morgan fingerprint density at radius 1 is 1.19 bits per heavy atom. The first-order chi connectivity index (χ1) is 11.4. The van der Waals surface area contributed by atoms with Gasteiger partial charge in [0.25, 0.3) is 0 Å². The summed E-state index contributed by atoms with van der Waals surface area (Å²) in [6.45, 7) is 11.2. The zero-order chi connectivity index (χ0) is 20.0. The molecule has 0 aliphatic rings. The minimum Gasteiger partial charge on any atom is -0.522 e. The number of Topliss-reactive ketones (excluding diaryl/α,β-unsaturated/α-hetero) is 1. The number of rotatable bonds is 9. The van der Waals surface area contributed by atoms with Gasteiger partial charge < -0.3 is 25.6 Å². The molecule has 0 aromatic carbocycles. The summed E-state index contributed by atoms with van der Waals surface area (Å²) in [5, 5.41) is 11.2. The van der Waals surface area contributed by atoms with E-state index in [0.717, 1.165) is 5.92 Å². The van der Waals surface area contributed by atoms with Crippen LogP contribution in [0.4, 0.5) is 0 Å². The van der Waals surface area contributed by atoms with Crippen LogP contribution in [0.15, 0.2) is 0 Å². The van der Waals surface area contributed by atoms with Crippen LogP contribution in [0, 0.1) is 11.3 Å². The van der Waals surface area contributed by atoms with Gasteiger partial charge in [-0.15, -0.1) is 0 Å². The normalized spacial score (nSPS) is 11.0. The van der Waals surface area contributed by atoms with Gasteiger partial charge in [-0.2, -0.15) is 6.41 Å². The summed E-state index contributed by atoms with van der Waals surface area (Å²) >= 11 is 0. The van der Waals surface area contributed by atoms with Gasteiger partial charge in [0.1, 0.15) is 11.6 Å². The van der Waals surface area contributed by atoms with Gasteiger partial charge in [-0.05, 0) is 33.1 Å². The summed E-state index contributed by atoms with van der Waals surface area (Å²) < 4.78 is 5.15. The fourth-order valence-electron chi connectivity index (χ4n) is 1.34. The zero-order valence-corrected chi connectivity index (χ0v) is 18.6. The van der Waals surface area contributed by atoms with E-state index in [-0.39, 0.29) is 19.4 Å². The molecular formula is C17H30FmN3O5-. The Labute approximate surface area is 149 Å². The van der Waals surface area contributed by atoms with Gasteiger partial charge in [-0.1, -0.05) is 20.8 Å². The first-order valence-electron chi connectivity index (χ1n) is 8.08. The van der Waals surface area contributed by atoms with Crippen LogP contribution < -0.4 is 10.6 Å². The molecule has 26 heavy (non-hydrogen) atoms. The second-order valence-corrected chi connectivity index (χ2v) is 6.99. The Balaban J connectivity index is -0.000000951. The molecule has 0 rings (SSSR count). The van der Waals surface area contributed by atoms with Gasteiger partial charge in [-0.25, -0.2) is 4.79 Å². The van der Waals surface area contributed by atoms with Gasteiger partial charge in [0.15, 0.2) is 5.78 Å². The molecule has 0 aliphatic carbocycles. The Morgan fingerprint density at radius 2 is 1.69 bits per heavy atom. The second-order valence-electron chi connectivity index (χ2n) is 6.99. The molecule has 0 radical (unpaired) electrons. The molecular weight excluding hydrogens is 583 g/mol. The quantitative estimate of drug-likeness (QED) is 0.156. The van der Waals surface area contributed by atoms with E-state index < -0.39 is 29.3 Å². The third-order valence-corrected chi connectivity index (χ3v) is 2.19. The molecule has 0 aromatic rings. The van der Waals surface area contributed by atoms with Gasteiger partial charge in [0.05, 0.1) is 12.8 Å². The van der Waals surface area contributed by atoms with E-state index in [1.807, 2.05) is 5.32 Å². The third kappa shape index (κ3) is 18.8. The van der Waals surface area contributed by atoms with Crippen LogP contribution in [0.25, 0.3) is 0 Å². The van der Waals surface area contributed by atoms with Crippen LogP contribution in [-0.4, -0.2) is 48.5 Å². The molecule has 0 spiro atoms. The van der Waals surface area contributed by atoms with E-state index in [9.17, 15) is 19.2 Å². The van der Waals surface area contributed by atoms with E-state index in [1.54, 1.807) is 20.8 Å². The van der Waals surface area contributed by atoms with Crippen molar-refractivity contribution in [2.75, 3.05) is 6.54 Å². The fourth-order valence-corrected chi connectivity index (χ4v) is 1.34. The molecule has 0 aliphatic heterocycles. The topological polar surface area (TPSA) is 125 Å². The van der Waals surface area contributed by atoms with Crippen molar-refractivity contribution >= 4 is 30.3 Å². The van der Waals surface area contributed by atoms with E-state index in [4.69, 9.17) is 10.1 Å². The molecule has 0 saturated carbocycles. The smallest absolute Gasteiger partial charge is 0.329 e. The van der Waals surface area contributed by atoms with Gasteiger partial charge in [0, 0.05) is 6.42 Å². The molecule has 0 bridgehead atoms. The number of ether oxygens (including phenoxy) is 1. The van der Waals surface area contributed by atoms with E-state index in [0.29, 0.717) is 6.21 Å². The SMILES string of the molecule is CC(C)(C)OC(=O)C(CCC(=O)C=N)NC(=O)CN[C-]=O.CC(C)C.[Fm]. The predicted molar refractivity (Wildman–Crippen MR) is 95.0 cm³/mol. The molecule has 0 saturated heterocycles. The molecule has 0 aromatic heterocycles. The zero-order valence-electron chi connectivity index (χ0n) is 16.2. The van der Waals surface area contributed by atoms with Gasteiger partial charge in [0.2, 0.25) is 5.91 Å². The van der Waals surface area contributed by atoms with Crippen LogP contribution in [0.5, 0.6) is 0 Å². The van der Waals surface area contributed by atoms with Gasteiger partial charge >= 0.3 is 5.97 Å². The van der Waals surface area contributed by atoms with E-state index in [1.165, 1.54) is 6.41 Å². The molecule has 8 nitrogen and oxygen atoms in total. The molecule has 156 valence electrons. The molecule has 2 amide bonds. The van der Waals surface area contributed by atoms with Crippen LogP contribution >= 0.6 is 0 Å². The van der Waals surface area contributed by atoms with E-state index >= 15 is 0 Å². The number of hydrogen-bond donors (Lipinski definition) is 3. The number of hydrogen-bond acceptors (Lipinski definition) is 6. The molecule has 9 heteroatoms. The van der Waals surface area contributed by atoms with Crippen LogP contribution in [0.3, 0.4) is 0 Å². The largest absolute Gasteiger partial charge is 0.522 e.